The highest BCUT2D eigenvalue weighted by atomic mass is 16.8. The summed E-state index contributed by atoms with van der Waals surface area (Å²) in [5.74, 6) is -0.572. The second-order valence-corrected chi connectivity index (χ2v) is 26.1. The fourth-order valence-corrected chi connectivity index (χ4v) is 16.5. The number of ether oxygens (including phenoxy) is 8. The lowest BCUT2D eigenvalue weighted by molar-refractivity contribution is -0.405. The van der Waals surface area contributed by atoms with Crippen LogP contribution in [-0.4, -0.2) is 221 Å². The normalized spacial score (nSPS) is 55.3. The number of fused-ring (bicyclic) bond motifs is 7. The average molecular weight is 1090 g/mol. The first kappa shape index (κ1) is 59.0. The first-order valence-electron chi connectivity index (χ1n) is 27.7. The van der Waals surface area contributed by atoms with Gasteiger partial charge < -0.3 is 104 Å². The predicted octanol–water partition coefficient (Wildman–Crippen LogP) is -0.442. The van der Waals surface area contributed by atoms with Crippen molar-refractivity contribution in [1.29, 1.82) is 0 Å². The molecule has 4 aliphatic heterocycles. The SMILES string of the molecule is CC1OC(OC2C(O)C(C)OC(OC3C(CO)OC(OC4CCC5(C)C(CCC6(C)C5CC=C5C7CC(C)(C)CCC7(C(=O)O)CCC56C)C4(C)CO)C(O)C3O)C2OC2OC(CO)C(O)C(O)C2O)C(O)C(O)C1O. The molecule has 22 nitrogen and oxygen atoms in total. The van der Waals surface area contributed by atoms with E-state index in [2.05, 4.69) is 40.7 Å². The molecular formula is C54H88O22. The molecular weight excluding hydrogens is 1000 g/mol. The number of hydrogen-bond acceptors (Lipinski definition) is 21. The maximum Gasteiger partial charge on any atom is 0.310 e. The Morgan fingerprint density at radius 3 is 1.76 bits per heavy atom. The molecule has 4 heterocycles. The van der Waals surface area contributed by atoms with Crippen LogP contribution in [-0.2, 0) is 42.7 Å². The van der Waals surface area contributed by atoms with Crippen LogP contribution in [0.4, 0.5) is 0 Å². The molecule has 436 valence electrons. The van der Waals surface area contributed by atoms with Gasteiger partial charge in [-0.3, -0.25) is 4.79 Å². The van der Waals surface area contributed by atoms with E-state index in [4.69, 9.17) is 37.9 Å². The minimum Gasteiger partial charge on any atom is -0.481 e. The van der Waals surface area contributed by atoms with E-state index in [1.54, 1.807) is 0 Å². The largest absolute Gasteiger partial charge is 0.481 e. The molecule has 29 unspecified atom stereocenters. The molecule has 0 aromatic rings. The van der Waals surface area contributed by atoms with Crippen molar-refractivity contribution < 1.29 is 109 Å². The Kier molecular flexibility index (Phi) is 16.6. The van der Waals surface area contributed by atoms with E-state index in [1.165, 1.54) is 19.4 Å². The Bertz CT molecular complexity index is 2100. The van der Waals surface area contributed by atoms with Crippen molar-refractivity contribution in [2.45, 2.75) is 249 Å². The molecule has 0 bridgehead atoms. The first-order valence-corrected chi connectivity index (χ1v) is 27.7. The molecule has 13 N–H and O–H groups in total. The van der Waals surface area contributed by atoms with E-state index in [0.717, 1.165) is 38.5 Å². The molecule has 5 aliphatic carbocycles. The van der Waals surface area contributed by atoms with Gasteiger partial charge in [0.1, 0.15) is 85.5 Å². The summed E-state index contributed by atoms with van der Waals surface area (Å²) in [6, 6.07) is 0. The average Bonchev–Trinajstić information content (AvgIpc) is 3.40. The highest BCUT2D eigenvalue weighted by molar-refractivity contribution is 5.76. The quantitative estimate of drug-likeness (QED) is 0.0870. The van der Waals surface area contributed by atoms with Gasteiger partial charge in [-0.15, -0.1) is 0 Å². The molecule has 4 saturated carbocycles. The zero-order valence-electron chi connectivity index (χ0n) is 45.1. The predicted molar refractivity (Wildman–Crippen MR) is 262 cm³/mol. The van der Waals surface area contributed by atoms with E-state index in [0.29, 0.717) is 25.7 Å². The summed E-state index contributed by atoms with van der Waals surface area (Å²) in [6.45, 7) is 14.6. The van der Waals surface area contributed by atoms with Crippen molar-refractivity contribution in [3.63, 3.8) is 0 Å². The van der Waals surface area contributed by atoms with Crippen molar-refractivity contribution >= 4 is 5.97 Å². The van der Waals surface area contributed by atoms with E-state index in [1.807, 2.05) is 6.92 Å². The molecule has 0 amide bonds. The third-order valence-electron chi connectivity index (χ3n) is 21.6. The Hall–Kier alpha value is -1.59. The van der Waals surface area contributed by atoms with Crippen LogP contribution in [0.25, 0.3) is 0 Å². The van der Waals surface area contributed by atoms with Crippen molar-refractivity contribution in [1.82, 2.24) is 0 Å². The number of carbonyl (C=O) groups is 1. The van der Waals surface area contributed by atoms with Crippen molar-refractivity contribution in [2.75, 3.05) is 19.8 Å². The first-order chi connectivity index (χ1) is 35.6. The number of aliphatic carboxylic acids is 1. The molecule has 9 rings (SSSR count). The molecule has 22 heteroatoms. The van der Waals surface area contributed by atoms with Gasteiger partial charge in [-0.1, -0.05) is 53.2 Å². The molecule has 9 aliphatic rings. The van der Waals surface area contributed by atoms with Gasteiger partial charge in [-0.2, -0.15) is 0 Å². The highest BCUT2D eigenvalue weighted by Gasteiger charge is 2.70. The second kappa shape index (κ2) is 21.3. The highest BCUT2D eigenvalue weighted by Crippen LogP contribution is 2.76. The third-order valence-corrected chi connectivity index (χ3v) is 21.6. The van der Waals surface area contributed by atoms with Gasteiger partial charge in [0.15, 0.2) is 25.2 Å². The number of hydrogen-bond donors (Lipinski definition) is 13. The Morgan fingerprint density at radius 2 is 1.12 bits per heavy atom. The maximum atomic E-state index is 13.2. The maximum absolute atomic E-state index is 13.2. The minimum absolute atomic E-state index is 0.0291. The summed E-state index contributed by atoms with van der Waals surface area (Å²) >= 11 is 0. The molecule has 0 radical (unpaired) electrons. The van der Waals surface area contributed by atoms with E-state index in [-0.39, 0.29) is 46.0 Å². The van der Waals surface area contributed by atoms with E-state index in [9.17, 15) is 71.2 Å². The number of rotatable bonds is 12. The molecule has 0 aromatic heterocycles. The lowest BCUT2D eigenvalue weighted by atomic mass is 9.33. The van der Waals surface area contributed by atoms with Gasteiger partial charge in [-0.25, -0.2) is 0 Å². The third kappa shape index (κ3) is 9.38. The molecule has 0 spiro atoms. The number of allylic oxidation sites excluding steroid dienone is 2. The van der Waals surface area contributed by atoms with Gasteiger partial charge in [0.2, 0.25) is 0 Å². The van der Waals surface area contributed by atoms with Crippen LogP contribution >= 0.6 is 0 Å². The monoisotopic (exact) mass is 1090 g/mol. The molecule has 4 saturated heterocycles. The molecule has 8 fully saturated rings. The summed E-state index contributed by atoms with van der Waals surface area (Å²) < 4.78 is 48.8. The summed E-state index contributed by atoms with van der Waals surface area (Å²) in [5, 5.41) is 143. The van der Waals surface area contributed by atoms with E-state index < -0.39 is 159 Å². The lowest BCUT2D eigenvalue weighted by Gasteiger charge is -2.71. The van der Waals surface area contributed by atoms with Gasteiger partial charge in [-0.05, 0) is 117 Å². The number of aliphatic hydroxyl groups excluding tert-OH is 12. The summed E-state index contributed by atoms with van der Waals surface area (Å²) in [5.41, 5.74) is -0.945. The second-order valence-electron chi connectivity index (χ2n) is 26.1. The van der Waals surface area contributed by atoms with Crippen molar-refractivity contribution in [3.8, 4) is 0 Å². The topological polar surface area (TPSA) is 354 Å². The standard InChI is InChI=1S/C54H88O22/c1-23-32(58)35(61)38(64)44(69-23)75-42-33(59)24(2)70-47(43(42)76-46-39(65)36(62)34(60)27(20-55)71-46)74-41-28(21-56)72-45(40(66)37(41)63)73-31-12-13-50(5)29(51(31,6)22-57)11-14-53(8)30(50)10-9-25-26-19-49(3,4)15-17-54(26,48(67)68)18-16-52(25,53)7/h9,23-24,26-47,55-66H,10-22H2,1-8H3,(H,67,68). The van der Waals surface area contributed by atoms with Gasteiger partial charge in [0.05, 0.1) is 43.5 Å². The number of carboxylic acids is 1. The molecule has 76 heavy (non-hydrogen) atoms. The van der Waals surface area contributed by atoms with Crippen LogP contribution in [0.1, 0.15) is 120 Å². The summed E-state index contributed by atoms with van der Waals surface area (Å²) in [4.78, 5) is 13.2. The van der Waals surface area contributed by atoms with Crippen LogP contribution in [0.3, 0.4) is 0 Å². The van der Waals surface area contributed by atoms with Gasteiger partial charge >= 0.3 is 5.97 Å². The summed E-state index contributed by atoms with van der Waals surface area (Å²) in [6.07, 6.45) is -24.5. The molecule has 0 aromatic carbocycles. The van der Waals surface area contributed by atoms with Crippen LogP contribution in [0.5, 0.6) is 0 Å². The Morgan fingerprint density at radius 1 is 0.566 bits per heavy atom. The van der Waals surface area contributed by atoms with Gasteiger partial charge in [0, 0.05) is 5.41 Å². The fourth-order valence-electron chi connectivity index (χ4n) is 16.5. The number of aliphatic hydroxyl groups is 12. The minimum atomic E-state index is -1.99. The zero-order chi connectivity index (χ0) is 55.6. The smallest absolute Gasteiger partial charge is 0.310 e. The van der Waals surface area contributed by atoms with Crippen LogP contribution in [0.15, 0.2) is 11.6 Å². The zero-order valence-corrected chi connectivity index (χ0v) is 45.1. The van der Waals surface area contributed by atoms with Crippen LogP contribution in [0.2, 0.25) is 0 Å². The lowest BCUT2D eigenvalue weighted by Crippen LogP contribution is -2.68. The Balaban J connectivity index is 0.943. The van der Waals surface area contributed by atoms with Gasteiger partial charge in [0.25, 0.3) is 0 Å². The molecule has 29 atom stereocenters. The Labute approximate surface area is 444 Å². The summed E-state index contributed by atoms with van der Waals surface area (Å²) in [7, 11) is 0. The van der Waals surface area contributed by atoms with Crippen LogP contribution < -0.4 is 0 Å². The van der Waals surface area contributed by atoms with Crippen LogP contribution in [0, 0.1) is 50.2 Å². The van der Waals surface area contributed by atoms with E-state index >= 15 is 0 Å². The number of carboxylic acid groups (broad SMARTS) is 1. The fraction of sp³-hybridized carbons (Fsp3) is 0.944. The van der Waals surface area contributed by atoms with Crippen molar-refractivity contribution in [2.24, 2.45) is 50.2 Å². The van der Waals surface area contributed by atoms with Crippen molar-refractivity contribution in [3.05, 3.63) is 11.6 Å².